The molecule has 0 saturated carbocycles. The van der Waals surface area contributed by atoms with Crippen LogP contribution in [0.25, 0.3) is 0 Å². The van der Waals surface area contributed by atoms with Crippen LogP contribution in [0.5, 0.6) is 5.75 Å². The Morgan fingerprint density at radius 3 is 2.61 bits per heavy atom. The number of hydrogen-bond donors (Lipinski definition) is 3. The lowest BCUT2D eigenvalue weighted by molar-refractivity contribution is 0.0917. The maximum absolute atomic E-state index is 11.9. The van der Waals surface area contributed by atoms with Gasteiger partial charge in [-0.2, -0.15) is 0 Å². The lowest BCUT2D eigenvalue weighted by Gasteiger charge is -2.32. The maximum atomic E-state index is 11.9. The molecular formula is C13H21N3O2. The van der Waals surface area contributed by atoms with Crippen molar-refractivity contribution in [1.29, 1.82) is 0 Å². The molecule has 1 aromatic carbocycles. The fourth-order valence-electron chi connectivity index (χ4n) is 1.29. The number of rotatable bonds is 4. The van der Waals surface area contributed by atoms with Gasteiger partial charge in [0.1, 0.15) is 0 Å². The third kappa shape index (κ3) is 3.13. The van der Waals surface area contributed by atoms with Crippen LogP contribution in [0.3, 0.4) is 0 Å². The number of phenols is 1. The molecule has 100 valence electrons. The molecule has 4 N–H and O–H groups in total. The molecule has 0 aromatic heterocycles. The summed E-state index contributed by atoms with van der Waals surface area (Å²) in [4.78, 5) is 14.0. The molecule has 1 amide bonds. The standard InChI is InChI=1S/C13H21N3O2/c1-13(2,16(3)4)8-15-12(18)9-6-5-7-10(14)11(9)17/h5-7,17H,8,14H2,1-4H3,(H,15,18). The van der Waals surface area contributed by atoms with Gasteiger partial charge in [-0.3, -0.25) is 4.79 Å². The number of benzene rings is 1. The van der Waals surface area contributed by atoms with Gasteiger partial charge in [0.2, 0.25) is 0 Å². The number of phenolic OH excluding ortho intramolecular Hbond substituents is 1. The summed E-state index contributed by atoms with van der Waals surface area (Å²) in [5.74, 6) is -0.493. The number of nitrogens with two attached hydrogens (primary N) is 1. The first-order chi connectivity index (χ1) is 8.25. The number of amides is 1. The average Bonchev–Trinajstić information content (AvgIpc) is 2.29. The van der Waals surface area contributed by atoms with Crippen molar-refractivity contribution in [3.05, 3.63) is 23.8 Å². The van der Waals surface area contributed by atoms with Gasteiger partial charge < -0.3 is 21.1 Å². The van der Waals surface area contributed by atoms with E-state index in [9.17, 15) is 9.90 Å². The summed E-state index contributed by atoms with van der Waals surface area (Å²) in [7, 11) is 3.90. The summed E-state index contributed by atoms with van der Waals surface area (Å²) in [5.41, 5.74) is 5.79. The van der Waals surface area contributed by atoms with E-state index < -0.39 is 0 Å². The van der Waals surface area contributed by atoms with Gasteiger partial charge in [0.05, 0.1) is 11.3 Å². The lowest BCUT2D eigenvalue weighted by atomic mass is 10.0. The molecule has 5 nitrogen and oxygen atoms in total. The molecule has 18 heavy (non-hydrogen) atoms. The molecular weight excluding hydrogens is 230 g/mol. The van der Waals surface area contributed by atoms with E-state index in [0.717, 1.165) is 0 Å². The molecule has 0 heterocycles. The van der Waals surface area contributed by atoms with Gasteiger partial charge in [0.25, 0.3) is 5.91 Å². The molecule has 0 spiro atoms. The van der Waals surface area contributed by atoms with Gasteiger partial charge in [-0.15, -0.1) is 0 Å². The summed E-state index contributed by atoms with van der Waals surface area (Å²) >= 11 is 0. The Hall–Kier alpha value is -1.75. The molecule has 0 bridgehead atoms. The Kier molecular flexibility index (Phi) is 4.19. The van der Waals surface area contributed by atoms with E-state index in [-0.39, 0.29) is 28.4 Å². The topological polar surface area (TPSA) is 78.6 Å². The Morgan fingerprint density at radius 1 is 1.44 bits per heavy atom. The second-order valence-electron chi connectivity index (χ2n) is 5.13. The zero-order chi connectivity index (χ0) is 13.9. The normalized spacial score (nSPS) is 11.6. The molecule has 0 atom stereocenters. The number of aromatic hydroxyl groups is 1. The van der Waals surface area contributed by atoms with E-state index in [1.54, 1.807) is 18.2 Å². The fourth-order valence-corrected chi connectivity index (χ4v) is 1.29. The predicted octanol–water partition coefficient (Wildman–Crippen LogP) is 1.04. The van der Waals surface area contributed by atoms with Gasteiger partial charge in [0.15, 0.2) is 5.75 Å². The third-order valence-electron chi connectivity index (χ3n) is 3.20. The Bertz CT molecular complexity index is 442. The van der Waals surface area contributed by atoms with Gasteiger partial charge in [-0.25, -0.2) is 0 Å². The molecule has 1 aromatic rings. The van der Waals surface area contributed by atoms with E-state index in [0.29, 0.717) is 6.54 Å². The molecule has 5 heteroatoms. The highest BCUT2D eigenvalue weighted by Crippen LogP contribution is 2.24. The minimum atomic E-state index is -0.324. The van der Waals surface area contributed by atoms with Gasteiger partial charge in [-0.05, 0) is 40.1 Å². The minimum absolute atomic E-state index is 0.161. The predicted molar refractivity (Wildman–Crippen MR) is 72.6 cm³/mol. The van der Waals surface area contributed by atoms with Gasteiger partial charge in [-0.1, -0.05) is 6.07 Å². The number of anilines is 1. The summed E-state index contributed by atoms with van der Waals surface area (Å²) in [6, 6.07) is 4.74. The Balaban J connectivity index is 2.75. The second-order valence-corrected chi connectivity index (χ2v) is 5.13. The quantitative estimate of drug-likeness (QED) is 0.552. The van der Waals surface area contributed by atoms with Crippen LogP contribution in [0, 0.1) is 0 Å². The minimum Gasteiger partial charge on any atom is -0.505 e. The van der Waals surface area contributed by atoms with Crippen LogP contribution < -0.4 is 11.1 Å². The van der Waals surface area contributed by atoms with Crippen LogP contribution in [0.2, 0.25) is 0 Å². The van der Waals surface area contributed by atoms with Crippen molar-refractivity contribution in [2.45, 2.75) is 19.4 Å². The highest BCUT2D eigenvalue weighted by Gasteiger charge is 2.22. The SMILES string of the molecule is CN(C)C(C)(C)CNC(=O)c1cccc(N)c1O. The van der Waals surface area contributed by atoms with E-state index in [1.165, 1.54) is 0 Å². The molecule has 1 rings (SSSR count). The first-order valence-corrected chi connectivity index (χ1v) is 5.79. The molecule has 0 aliphatic heterocycles. The summed E-state index contributed by atoms with van der Waals surface area (Å²) in [6.07, 6.45) is 0. The van der Waals surface area contributed by atoms with Crippen LogP contribution in [-0.2, 0) is 0 Å². The number of para-hydroxylation sites is 1. The Morgan fingerprint density at radius 2 is 2.06 bits per heavy atom. The van der Waals surface area contributed by atoms with Crippen molar-refractivity contribution in [3.63, 3.8) is 0 Å². The van der Waals surface area contributed by atoms with Crippen molar-refractivity contribution >= 4 is 11.6 Å². The van der Waals surface area contributed by atoms with Crippen molar-refractivity contribution in [3.8, 4) is 5.75 Å². The Labute approximate surface area is 108 Å². The average molecular weight is 251 g/mol. The number of nitrogens with zero attached hydrogens (tertiary/aromatic N) is 1. The highest BCUT2D eigenvalue weighted by atomic mass is 16.3. The number of nitrogen functional groups attached to an aromatic ring is 1. The largest absolute Gasteiger partial charge is 0.505 e. The van der Waals surface area contributed by atoms with Crippen molar-refractivity contribution in [1.82, 2.24) is 10.2 Å². The molecule has 0 saturated heterocycles. The zero-order valence-corrected chi connectivity index (χ0v) is 11.3. The van der Waals surface area contributed by atoms with Crippen LogP contribution in [0.1, 0.15) is 24.2 Å². The van der Waals surface area contributed by atoms with Gasteiger partial charge >= 0.3 is 0 Å². The summed E-state index contributed by atoms with van der Waals surface area (Å²) in [6.45, 7) is 4.52. The van der Waals surface area contributed by atoms with E-state index in [1.807, 2.05) is 32.8 Å². The van der Waals surface area contributed by atoms with Crippen LogP contribution in [0.4, 0.5) is 5.69 Å². The number of nitrogens with one attached hydrogen (secondary N) is 1. The third-order valence-corrected chi connectivity index (χ3v) is 3.20. The fraction of sp³-hybridized carbons (Fsp3) is 0.462. The van der Waals surface area contributed by atoms with Crippen LogP contribution >= 0.6 is 0 Å². The molecule has 0 unspecified atom stereocenters. The second kappa shape index (κ2) is 5.27. The van der Waals surface area contributed by atoms with E-state index in [2.05, 4.69) is 5.32 Å². The van der Waals surface area contributed by atoms with Crippen LogP contribution in [-0.4, -0.2) is 42.1 Å². The molecule has 0 radical (unpaired) electrons. The smallest absolute Gasteiger partial charge is 0.255 e. The molecule has 0 fully saturated rings. The van der Waals surface area contributed by atoms with Crippen LogP contribution in [0.15, 0.2) is 18.2 Å². The number of carbonyl (C=O) groups excluding carboxylic acids is 1. The number of likely N-dealkylation sites (N-methyl/N-ethyl adjacent to an activating group) is 1. The van der Waals surface area contributed by atoms with Crippen molar-refractivity contribution < 1.29 is 9.90 Å². The maximum Gasteiger partial charge on any atom is 0.255 e. The lowest BCUT2D eigenvalue weighted by Crippen LogP contribution is -2.48. The molecule has 0 aliphatic rings. The highest BCUT2D eigenvalue weighted by molar-refractivity contribution is 5.98. The zero-order valence-electron chi connectivity index (χ0n) is 11.3. The first kappa shape index (κ1) is 14.3. The van der Waals surface area contributed by atoms with Gasteiger partial charge in [0, 0.05) is 12.1 Å². The summed E-state index contributed by atoms with van der Waals surface area (Å²) in [5, 5.41) is 12.5. The van der Waals surface area contributed by atoms with E-state index in [4.69, 9.17) is 5.73 Å². The number of carbonyl (C=O) groups is 1. The monoisotopic (exact) mass is 251 g/mol. The molecule has 0 aliphatic carbocycles. The van der Waals surface area contributed by atoms with Crippen molar-refractivity contribution in [2.24, 2.45) is 0 Å². The van der Waals surface area contributed by atoms with E-state index >= 15 is 0 Å². The van der Waals surface area contributed by atoms with Crippen molar-refractivity contribution in [2.75, 3.05) is 26.4 Å². The first-order valence-electron chi connectivity index (χ1n) is 5.79. The summed E-state index contributed by atoms with van der Waals surface area (Å²) < 4.78 is 0. The number of hydrogen-bond acceptors (Lipinski definition) is 4.